The van der Waals surface area contributed by atoms with Crippen LogP contribution in [0.2, 0.25) is 0 Å². The Morgan fingerprint density at radius 3 is 2.66 bits per heavy atom. The Morgan fingerprint density at radius 1 is 1.16 bits per heavy atom. The van der Waals surface area contributed by atoms with Gasteiger partial charge in [-0.05, 0) is 44.8 Å². The molecule has 2 aromatic carbocycles. The van der Waals surface area contributed by atoms with Crippen LogP contribution in [0, 0.1) is 6.92 Å². The molecule has 2 heterocycles. The number of aryl methyl sites for hydroxylation is 2. The maximum atomic E-state index is 12.2. The lowest BCUT2D eigenvalue weighted by Crippen LogP contribution is -2.29. The summed E-state index contributed by atoms with van der Waals surface area (Å²) in [6, 6.07) is 11.9. The van der Waals surface area contributed by atoms with E-state index in [0.29, 0.717) is 23.1 Å². The minimum absolute atomic E-state index is 0.298. The molecule has 0 spiro atoms. The molecule has 198 valence electrons. The van der Waals surface area contributed by atoms with Gasteiger partial charge in [-0.3, -0.25) is 4.79 Å². The maximum Gasteiger partial charge on any atom is 0.247 e. The molecule has 0 radical (unpaired) electrons. The summed E-state index contributed by atoms with van der Waals surface area (Å²) < 4.78 is 7.84. The number of carbonyl (C=O) groups excluding carboxylic acids is 1. The Bertz CT molecular complexity index is 1480. The number of nitrogens with one attached hydrogen (secondary N) is 2. The highest BCUT2D eigenvalue weighted by atomic mass is 16.5. The van der Waals surface area contributed by atoms with E-state index in [4.69, 9.17) is 9.72 Å². The van der Waals surface area contributed by atoms with E-state index in [1.807, 2.05) is 46.4 Å². The Morgan fingerprint density at radius 2 is 1.95 bits per heavy atom. The molecule has 9 nitrogen and oxygen atoms in total. The van der Waals surface area contributed by atoms with Crippen molar-refractivity contribution in [2.75, 3.05) is 56.9 Å². The van der Waals surface area contributed by atoms with Gasteiger partial charge in [-0.2, -0.15) is 0 Å². The number of hydrogen-bond donors (Lipinski definition) is 2. The summed E-state index contributed by atoms with van der Waals surface area (Å²) in [5.74, 6) is 0.719. The molecule has 0 saturated carbocycles. The molecule has 0 aliphatic rings. The van der Waals surface area contributed by atoms with Gasteiger partial charge in [0.2, 0.25) is 11.9 Å². The van der Waals surface area contributed by atoms with Gasteiger partial charge >= 0.3 is 0 Å². The standard InChI is InChI=1S/C29H35N7O2/c1-8-27(37)31-23-16-24(26(38-7)17-25(23)35(5)15-14-34(3)4)33-29-30-13-12-22(32-29)21-18-36(6)28-19(2)10-9-11-20(21)28/h8-13,16-18H,1,14-15H2,2-7H3,(H,31,37)(H,30,32,33). The van der Waals surface area contributed by atoms with Crippen molar-refractivity contribution in [3.63, 3.8) is 0 Å². The molecule has 2 N–H and O–H groups in total. The van der Waals surface area contributed by atoms with Crippen LogP contribution < -0.4 is 20.3 Å². The molecule has 4 aromatic rings. The summed E-state index contributed by atoms with van der Waals surface area (Å²) in [5, 5.41) is 7.34. The van der Waals surface area contributed by atoms with Crippen LogP contribution >= 0.6 is 0 Å². The van der Waals surface area contributed by atoms with Crippen molar-refractivity contribution in [2.45, 2.75) is 6.92 Å². The number of likely N-dealkylation sites (N-methyl/N-ethyl adjacent to an activating group) is 2. The number of nitrogens with zero attached hydrogens (tertiary/aromatic N) is 5. The van der Waals surface area contributed by atoms with Crippen LogP contribution in [0.5, 0.6) is 5.75 Å². The van der Waals surface area contributed by atoms with E-state index >= 15 is 0 Å². The lowest BCUT2D eigenvalue weighted by Gasteiger charge is -2.26. The largest absolute Gasteiger partial charge is 0.494 e. The first-order valence-corrected chi connectivity index (χ1v) is 12.4. The first kappa shape index (κ1) is 26.7. The SMILES string of the molecule is C=CC(=O)Nc1cc(Nc2nccc(-c3cn(C)c4c(C)cccc34)n2)c(OC)cc1N(C)CCN(C)C. The lowest BCUT2D eigenvalue weighted by molar-refractivity contribution is -0.111. The Kier molecular flexibility index (Phi) is 7.97. The van der Waals surface area contributed by atoms with Gasteiger partial charge in [-0.15, -0.1) is 0 Å². The van der Waals surface area contributed by atoms with Gasteiger partial charge in [0, 0.05) is 56.6 Å². The summed E-state index contributed by atoms with van der Waals surface area (Å²) in [6.45, 7) is 7.30. The number of amides is 1. The first-order chi connectivity index (χ1) is 18.2. The molecule has 1 amide bonds. The highest BCUT2D eigenvalue weighted by molar-refractivity contribution is 6.02. The lowest BCUT2D eigenvalue weighted by atomic mass is 10.1. The summed E-state index contributed by atoms with van der Waals surface area (Å²) in [6.07, 6.45) is 5.07. The molecular weight excluding hydrogens is 478 g/mol. The van der Waals surface area contributed by atoms with Gasteiger partial charge in [0.15, 0.2) is 0 Å². The first-order valence-electron chi connectivity index (χ1n) is 12.4. The van der Waals surface area contributed by atoms with E-state index in [1.165, 1.54) is 17.2 Å². The number of ether oxygens (including phenoxy) is 1. The van der Waals surface area contributed by atoms with Gasteiger partial charge in [-0.1, -0.05) is 24.8 Å². The normalized spacial score (nSPS) is 11.0. The van der Waals surface area contributed by atoms with E-state index in [2.05, 4.69) is 67.9 Å². The summed E-state index contributed by atoms with van der Waals surface area (Å²) in [7, 11) is 9.68. The van der Waals surface area contributed by atoms with Crippen molar-refractivity contribution in [1.29, 1.82) is 0 Å². The van der Waals surface area contributed by atoms with Crippen molar-refractivity contribution in [1.82, 2.24) is 19.4 Å². The second-order valence-corrected chi connectivity index (χ2v) is 9.50. The minimum Gasteiger partial charge on any atom is -0.494 e. The summed E-state index contributed by atoms with van der Waals surface area (Å²) in [4.78, 5) is 25.7. The third kappa shape index (κ3) is 5.63. The van der Waals surface area contributed by atoms with E-state index < -0.39 is 0 Å². The van der Waals surface area contributed by atoms with E-state index in [-0.39, 0.29) is 5.91 Å². The van der Waals surface area contributed by atoms with E-state index in [9.17, 15) is 4.79 Å². The molecule has 0 aliphatic heterocycles. The van der Waals surface area contributed by atoms with Gasteiger partial charge in [0.1, 0.15) is 5.75 Å². The molecule has 2 aromatic heterocycles. The number of para-hydroxylation sites is 1. The molecular formula is C29H35N7O2. The average molecular weight is 514 g/mol. The molecule has 0 bridgehead atoms. The van der Waals surface area contributed by atoms with Crippen molar-refractivity contribution >= 4 is 39.8 Å². The zero-order chi connectivity index (χ0) is 27.4. The van der Waals surface area contributed by atoms with Crippen LogP contribution in [-0.4, -0.2) is 66.7 Å². The topological polar surface area (TPSA) is 87.5 Å². The Labute approximate surface area is 223 Å². The number of hydrogen-bond acceptors (Lipinski definition) is 7. The van der Waals surface area contributed by atoms with Crippen LogP contribution in [0.3, 0.4) is 0 Å². The van der Waals surface area contributed by atoms with Crippen LogP contribution in [0.1, 0.15) is 5.56 Å². The quantitative estimate of drug-likeness (QED) is 0.294. The zero-order valence-electron chi connectivity index (χ0n) is 22.9. The molecule has 0 unspecified atom stereocenters. The number of anilines is 4. The highest BCUT2D eigenvalue weighted by Gasteiger charge is 2.17. The van der Waals surface area contributed by atoms with E-state index in [0.717, 1.165) is 35.4 Å². The number of methoxy groups -OCH3 is 1. The van der Waals surface area contributed by atoms with Crippen molar-refractivity contribution in [2.24, 2.45) is 7.05 Å². The fourth-order valence-electron chi connectivity index (χ4n) is 4.47. The fraction of sp³-hybridized carbons (Fsp3) is 0.276. The monoisotopic (exact) mass is 513 g/mol. The van der Waals surface area contributed by atoms with Crippen LogP contribution in [0.25, 0.3) is 22.2 Å². The summed E-state index contributed by atoms with van der Waals surface area (Å²) in [5.41, 5.74) is 6.29. The summed E-state index contributed by atoms with van der Waals surface area (Å²) >= 11 is 0. The molecule has 0 aliphatic carbocycles. The van der Waals surface area contributed by atoms with E-state index in [1.54, 1.807) is 13.3 Å². The molecule has 0 fully saturated rings. The number of benzene rings is 2. The van der Waals surface area contributed by atoms with Crippen LogP contribution in [0.4, 0.5) is 23.0 Å². The van der Waals surface area contributed by atoms with Gasteiger partial charge < -0.3 is 29.7 Å². The highest BCUT2D eigenvalue weighted by Crippen LogP contribution is 2.38. The average Bonchev–Trinajstić information content (AvgIpc) is 3.25. The predicted molar refractivity (Wildman–Crippen MR) is 156 cm³/mol. The van der Waals surface area contributed by atoms with Crippen molar-refractivity contribution in [3.8, 4) is 17.0 Å². The van der Waals surface area contributed by atoms with Gasteiger partial charge in [0.25, 0.3) is 0 Å². The fourth-order valence-corrected chi connectivity index (χ4v) is 4.47. The maximum absolute atomic E-state index is 12.2. The van der Waals surface area contributed by atoms with Crippen LogP contribution in [0.15, 0.2) is 61.4 Å². The Hall–Kier alpha value is -4.37. The molecule has 0 atom stereocenters. The second kappa shape index (κ2) is 11.4. The van der Waals surface area contributed by atoms with Gasteiger partial charge in [-0.25, -0.2) is 9.97 Å². The van der Waals surface area contributed by atoms with Crippen molar-refractivity contribution < 1.29 is 9.53 Å². The number of rotatable bonds is 10. The smallest absolute Gasteiger partial charge is 0.247 e. The molecule has 9 heteroatoms. The third-order valence-electron chi connectivity index (χ3n) is 6.44. The third-order valence-corrected chi connectivity index (χ3v) is 6.44. The molecule has 4 rings (SSSR count). The predicted octanol–water partition coefficient (Wildman–Crippen LogP) is 4.82. The molecule has 0 saturated heterocycles. The number of fused-ring (bicyclic) bond motifs is 1. The van der Waals surface area contributed by atoms with Crippen LogP contribution in [-0.2, 0) is 11.8 Å². The minimum atomic E-state index is -0.298. The second-order valence-electron chi connectivity index (χ2n) is 9.50. The van der Waals surface area contributed by atoms with Gasteiger partial charge in [0.05, 0.1) is 35.4 Å². The zero-order valence-corrected chi connectivity index (χ0v) is 22.9. The Balaban J connectivity index is 1.72. The number of carbonyl (C=O) groups is 1. The number of aromatic nitrogens is 3. The van der Waals surface area contributed by atoms with Crippen molar-refractivity contribution in [3.05, 3.63) is 67.0 Å². The molecule has 38 heavy (non-hydrogen) atoms.